The maximum atomic E-state index is 12.3. The molecule has 2 aromatic rings. The number of hydrogen-bond donors (Lipinski definition) is 2. The number of benzene rings is 1. The second kappa shape index (κ2) is 5.31. The fraction of sp³-hybridized carbons (Fsp3) is 0.400. The number of carbonyl (C=O) groups is 1. The van der Waals surface area contributed by atoms with E-state index in [0.29, 0.717) is 12.1 Å². The molecule has 0 aliphatic rings. The first kappa shape index (κ1) is 14.0. The van der Waals surface area contributed by atoms with Crippen molar-refractivity contribution in [3.05, 3.63) is 35.2 Å². The number of amides is 1. The molecule has 1 amide bonds. The molecule has 1 unspecified atom stereocenters. The van der Waals surface area contributed by atoms with E-state index in [-0.39, 0.29) is 17.4 Å². The van der Waals surface area contributed by atoms with Gasteiger partial charge in [0.1, 0.15) is 0 Å². The fourth-order valence-electron chi connectivity index (χ4n) is 1.87. The highest BCUT2D eigenvalue weighted by molar-refractivity contribution is 7.17. The lowest BCUT2D eigenvalue weighted by atomic mass is 9.88. The molecule has 102 valence electrons. The van der Waals surface area contributed by atoms with Gasteiger partial charge in [-0.1, -0.05) is 13.8 Å². The highest BCUT2D eigenvalue weighted by atomic mass is 32.1. The number of carbonyl (C=O) groups excluding carboxylic acids is 1. The molecule has 0 radical (unpaired) electrons. The van der Waals surface area contributed by atoms with Crippen molar-refractivity contribution in [3.63, 3.8) is 0 Å². The van der Waals surface area contributed by atoms with E-state index in [1.54, 1.807) is 11.3 Å². The van der Waals surface area contributed by atoms with Crippen LogP contribution in [0.25, 0.3) is 10.1 Å². The first-order chi connectivity index (χ1) is 8.96. The first-order valence-electron chi connectivity index (χ1n) is 6.46. The summed E-state index contributed by atoms with van der Waals surface area (Å²) in [5.41, 5.74) is 6.11. The van der Waals surface area contributed by atoms with Crippen LogP contribution in [0.4, 0.5) is 0 Å². The van der Waals surface area contributed by atoms with E-state index in [9.17, 15) is 4.79 Å². The molecule has 0 fully saturated rings. The summed E-state index contributed by atoms with van der Waals surface area (Å²) in [6.07, 6.45) is 0. The van der Waals surface area contributed by atoms with Gasteiger partial charge in [0.2, 0.25) is 0 Å². The van der Waals surface area contributed by atoms with Crippen LogP contribution in [0.5, 0.6) is 0 Å². The average Bonchev–Trinajstić information content (AvgIpc) is 2.85. The SMILES string of the molecule is CC(C)C(C)(CN)NC(=O)c1ccc2sccc2c1. The predicted octanol–water partition coefficient (Wildman–Crippen LogP) is 3.00. The Hall–Kier alpha value is -1.39. The largest absolute Gasteiger partial charge is 0.345 e. The zero-order chi connectivity index (χ0) is 14.0. The molecular formula is C15H20N2OS. The molecule has 0 saturated carbocycles. The number of thiophene rings is 1. The van der Waals surface area contributed by atoms with Crippen molar-refractivity contribution in [2.45, 2.75) is 26.3 Å². The van der Waals surface area contributed by atoms with Gasteiger partial charge in [0.25, 0.3) is 5.91 Å². The third kappa shape index (κ3) is 2.80. The minimum Gasteiger partial charge on any atom is -0.345 e. The average molecular weight is 276 g/mol. The monoisotopic (exact) mass is 276 g/mol. The maximum absolute atomic E-state index is 12.3. The van der Waals surface area contributed by atoms with Crippen LogP contribution in [0.15, 0.2) is 29.6 Å². The Bertz CT molecular complexity index is 591. The number of nitrogens with one attached hydrogen (secondary N) is 1. The van der Waals surface area contributed by atoms with Crippen LogP contribution in [-0.2, 0) is 0 Å². The van der Waals surface area contributed by atoms with Gasteiger partial charge in [-0.05, 0) is 47.9 Å². The van der Waals surface area contributed by atoms with E-state index in [4.69, 9.17) is 5.73 Å². The van der Waals surface area contributed by atoms with Crippen molar-refractivity contribution in [1.82, 2.24) is 5.32 Å². The molecule has 0 spiro atoms. The smallest absolute Gasteiger partial charge is 0.251 e. The van der Waals surface area contributed by atoms with Crippen LogP contribution in [-0.4, -0.2) is 18.0 Å². The van der Waals surface area contributed by atoms with E-state index in [1.807, 2.05) is 36.6 Å². The van der Waals surface area contributed by atoms with Crippen molar-refractivity contribution < 1.29 is 4.79 Å². The lowest BCUT2D eigenvalue weighted by Crippen LogP contribution is -2.55. The van der Waals surface area contributed by atoms with Crippen LogP contribution in [0, 0.1) is 5.92 Å². The van der Waals surface area contributed by atoms with Crippen molar-refractivity contribution in [1.29, 1.82) is 0 Å². The molecule has 1 heterocycles. The van der Waals surface area contributed by atoms with Gasteiger partial charge in [-0.25, -0.2) is 0 Å². The summed E-state index contributed by atoms with van der Waals surface area (Å²) in [6.45, 7) is 6.54. The topological polar surface area (TPSA) is 55.1 Å². The third-order valence-electron chi connectivity index (χ3n) is 3.81. The summed E-state index contributed by atoms with van der Waals surface area (Å²) in [7, 11) is 0. The molecule has 0 aliphatic carbocycles. The maximum Gasteiger partial charge on any atom is 0.251 e. The number of fused-ring (bicyclic) bond motifs is 1. The van der Waals surface area contributed by atoms with Gasteiger partial charge < -0.3 is 11.1 Å². The fourth-order valence-corrected chi connectivity index (χ4v) is 2.64. The van der Waals surface area contributed by atoms with Gasteiger partial charge in [-0.15, -0.1) is 11.3 Å². The minimum absolute atomic E-state index is 0.0604. The van der Waals surface area contributed by atoms with Crippen LogP contribution in [0.2, 0.25) is 0 Å². The Morgan fingerprint density at radius 1 is 1.42 bits per heavy atom. The van der Waals surface area contributed by atoms with Gasteiger partial charge in [0.05, 0.1) is 5.54 Å². The molecular weight excluding hydrogens is 256 g/mol. The molecule has 0 bridgehead atoms. The van der Waals surface area contributed by atoms with Crippen molar-refractivity contribution in [2.75, 3.05) is 6.54 Å². The molecule has 19 heavy (non-hydrogen) atoms. The van der Waals surface area contributed by atoms with Crippen LogP contribution < -0.4 is 11.1 Å². The molecule has 3 nitrogen and oxygen atoms in total. The van der Waals surface area contributed by atoms with Crippen LogP contribution >= 0.6 is 11.3 Å². The summed E-state index contributed by atoms with van der Waals surface area (Å²) in [6, 6.07) is 7.81. The molecule has 3 N–H and O–H groups in total. The van der Waals surface area contributed by atoms with Crippen LogP contribution in [0.3, 0.4) is 0 Å². The lowest BCUT2D eigenvalue weighted by molar-refractivity contribution is 0.0883. The minimum atomic E-state index is -0.374. The molecule has 4 heteroatoms. The van der Waals surface area contributed by atoms with Gasteiger partial charge in [-0.3, -0.25) is 4.79 Å². The molecule has 0 saturated heterocycles. The van der Waals surface area contributed by atoms with Gasteiger partial charge in [0, 0.05) is 16.8 Å². The number of rotatable bonds is 4. The zero-order valence-electron chi connectivity index (χ0n) is 11.6. The van der Waals surface area contributed by atoms with E-state index >= 15 is 0 Å². The highest BCUT2D eigenvalue weighted by Gasteiger charge is 2.28. The molecule has 1 aromatic carbocycles. The molecule has 1 aromatic heterocycles. The van der Waals surface area contributed by atoms with Crippen molar-refractivity contribution in [2.24, 2.45) is 11.7 Å². The highest BCUT2D eigenvalue weighted by Crippen LogP contribution is 2.22. The van der Waals surface area contributed by atoms with Crippen molar-refractivity contribution in [3.8, 4) is 0 Å². The van der Waals surface area contributed by atoms with E-state index in [1.165, 1.54) is 4.70 Å². The molecule has 1 atom stereocenters. The third-order valence-corrected chi connectivity index (χ3v) is 4.71. The summed E-state index contributed by atoms with van der Waals surface area (Å²) in [5.74, 6) is 0.223. The Balaban J connectivity index is 2.23. The standard InChI is InChI=1S/C15H20N2OS/c1-10(2)15(3,9-16)17-14(18)12-4-5-13-11(8-12)6-7-19-13/h4-8,10H,9,16H2,1-3H3,(H,17,18). The Morgan fingerprint density at radius 3 is 2.79 bits per heavy atom. The van der Waals surface area contributed by atoms with E-state index in [2.05, 4.69) is 19.2 Å². The summed E-state index contributed by atoms with van der Waals surface area (Å²) in [5, 5.41) is 6.20. The predicted molar refractivity (Wildman–Crippen MR) is 81.6 cm³/mol. The quantitative estimate of drug-likeness (QED) is 0.902. The summed E-state index contributed by atoms with van der Waals surface area (Å²) < 4.78 is 1.20. The normalized spacial score (nSPS) is 14.6. The van der Waals surface area contributed by atoms with E-state index in [0.717, 1.165) is 5.39 Å². The van der Waals surface area contributed by atoms with Crippen molar-refractivity contribution >= 4 is 27.3 Å². The lowest BCUT2D eigenvalue weighted by Gasteiger charge is -2.33. The Kier molecular flexibility index (Phi) is 3.92. The number of hydrogen-bond acceptors (Lipinski definition) is 3. The Labute approximate surface area is 117 Å². The Morgan fingerprint density at radius 2 is 2.16 bits per heavy atom. The summed E-state index contributed by atoms with van der Waals surface area (Å²) in [4.78, 5) is 12.3. The van der Waals surface area contributed by atoms with Crippen LogP contribution in [0.1, 0.15) is 31.1 Å². The number of nitrogens with two attached hydrogens (primary N) is 1. The van der Waals surface area contributed by atoms with Gasteiger partial charge in [0.15, 0.2) is 0 Å². The first-order valence-corrected chi connectivity index (χ1v) is 7.34. The van der Waals surface area contributed by atoms with Gasteiger partial charge in [-0.2, -0.15) is 0 Å². The zero-order valence-corrected chi connectivity index (χ0v) is 12.4. The van der Waals surface area contributed by atoms with Gasteiger partial charge >= 0.3 is 0 Å². The second-order valence-corrected chi connectivity index (χ2v) is 6.35. The second-order valence-electron chi connectivity index (χ2n) is 5.40. The summed E-state index contributed by atoms with van der Waals surface area (Å²) >= 11 is 1.68. The molecule has 2 rings (SSSR count). The molecule has 0 aliphatic heterocycles. The van der Waals surface area contributed by atoms with E-state index < -0.39 is 0 Å².